The Bertz CT molecular complexity index is 475. The van der Waals surface area contributed by atoms with E-state index in [0.717, 1.165) is 6.42 Å². The van der Waals surface area contributed by atoms with Crippen LogP contribution >= 0.6 is 0 Å². The molecule has 2 N–H and O–H groups in total. The molecule has 5 nitrogen and oxygen atoms in total. The van der Waals surface area contributed by atoms with Crippen molar-refractivity contribution < 1.29 is 14.3 Å². The number of carbonyl (C=O) groups excluding carboxylic acids is 2. The predicted octanol–water partition coefficient (Wildman–Crippen LogP) is 2.34. The molecule has 1 aromatic heterocycles. The summed E-state index contributed by atoms with van der Waals surface area (Å²) in [6.07, 6.45) is 0.686. The van der Waals surface area contributed by atoms with E-state index in [9.17, 15) is 9.59 Å². The van der Waals surface area contributed by atoms with Crippen LogP contribution in [0.4, 0.5) is 0 Å². The van der Waals surface area contributed by atoms with E-state index in [1.165, 1.54) is 0 Å². The molecule has 0 saturated heterocycles. The van der Waals surface area contributed by atoms with Gasteiger partial charge < -0.3 is 15.0 Å². The molecule has 0 aromatic carbocycles. The number of ether oxygens (including phenoxy) is 1. The van der Waals surface area contributed by atoms with Crippen molar-refractivity contribution in [2.75, 3.05) is 6.54 Å². The van der Waals surface area contributed by atoms with E-state index >= 15 is 0 Å². The highest BCUT2D eigenvalue weighted by Crippen LogP contribution is 2.19. The fourth-order valence-corrected chi connectivity index (χ4v) is 1.88. The second-order valence-electron chi connectivity index (χ2n) is 4.83. The lowest BCUT2D eigenvalue weighted by Crippen LogP contribution is -2.25. The van der Waals surface area contributed by atoms with Crippen LogP contribution in [0.3, 0.4) is 0 Å². The van der Waals surface area contributed by atoms with Crippen molar-refractivity contribution in [3.63, 3.8) is 0 Å². The van der Waals surface area contributed by atoms with Crippen molar-refractivity contribution in [2.45, 2.75) is 47.1 Å². The molecule has 106 valence electrons. The van der Waals surface area contributed by atoms with Gasteiger partial charge in [0.1, 0.15) is 5.69 Å². The maximum Gasteiger partial charge on any atom is 0.340 e. The number of hydrogen-bond acceptors (Lipinski definition) is 3. The van der Waals surface area contributed by atoms with Gasteiger partial charge in [-0.2, -0.15) is 0 Å². The smallest absolute Gasteiger partial charge is 0.340 e. The van der Waals surface area contributed by atoms with Gasteiger partial charge in [-0.1, -0.05) is 6.92 Å². The van der Waals surface area contributed by atoms with E-state index in [4.69, 9.17) is 4.74 Å². The molecular weight excluding hydrogens is 244 g/mol. The molecule has 5 heteroatoms. The Balaban J connectivity index is 3.00. The maximum absolute atomic E-state index is 12.0. The number of hydrogen-bond donors (Lipinski definition) is 2. The highest BCUT2D eigenvalue weighted by atomic mass is 16.5. The highest BCUT2D eigenvalue weighted by Gasteiger charge is 2.23. The molecule has 0 aliphatic carbocycles. The zero-order valence-electron chi connectivity index (χ0n) is 12.2. The van der Waals surface area contributed by atoms with Crippen LogP contribution in [0.1, 0.15) is 59.3 Å². The fraction of sp³-hybridized carbons (Fsp3) is 0.571. The predicted molar refractivity (Wildman–Crippen MR) is 73.4 cm³/mol. The van der Waals surface area contributed by atoms with Crippen LogP contribution in [0.15, 0.2) is 0 Å². The second-order valence-corrected chi connectivity index (χ2v) is 4.83. The van der Waals surface area contributed by atoms with Gasteiger partial charge in [-0.3, -0.25) is 4.79 Å². The first-order valence-electron chi connectivity index (χ1n) is 6.56. The van der Waals surface area contributed by atoms with Gasteiger partial charge in [-0.15, -0.1) is 0 Å². The Morgan fingerprint density at radius 2 is 1.95 bits per heavy atom. The van der Waals surface area contributed by atoms with E-state index in [-0.39, 0.29) is 12.0 Å². The van der Waals surface area contributed by atoms with Gasteiger partial charge in [-0.25, -0.2) is 4.79 Å². The topological polar surface area (TPSA) is 71.2 Å². The van der Waals surface area contributed by atoms with Crippen molar-refractivity contribution in [3.8, 4) is 0 Å². The summed E-state index contributed by atoms with van der Waals surface area (Å²) >= 11 is 0. The first kappa shape index (κ1) is 15.3. The molecule has 0 aliphatic rings. The van der Waals surface area contributed by atoms with Gasteiger partial charge in [0.15, 0.2) is 0 Å². The Kier molecular flexibility index (Phi) is 5.15. The van der Waals surface area contributed by atoms with Gasteiger partial charge in [0.2, 0.25) is 0 Å². The molecule has 19 heavy (non-hydrogen) atoms. The number of H-pyrrole nitrogens is 1. The Hall–Kier alpha value is -1.78. The molecule has 0 unspecified atom stereocenters. The lowest BCUT2D eigenvalue weighted by Gasteiger charge is -2.08. The molecular formula is C14H22N2O3. The summed E-state index contributed by atoms with van der Waals surface area (Å²) in [4.78, 5) is 26.9. The third kappa shape index (κ3) is 3.59. The lowest BCUT2D eigenvalue weighted by atomic mass is 10.1. The SMILES string of the molecule is CCCNC(=O)c1[nH]c(C)c(C(=O)OC(C)C)c1C. The molecule has 0 spiro atoms. The quantitative estimate of drug-likeness (QED) is 0.803. The van der Waals surface area contributed by atoms with E-state index in [2.05, 4.69) is 10.3 Å². The van der Waals surface area contributed by atoms with Crippen LogP contribution < -0.4 is 5.32 Å². The minimum absolute atomic E-state index is 0.182. The first-order chi connectivity index (χ1) is 8.88. The normalized spacial score (nSPS) is 10.6. The van der Waals surface area contributed by atoms with Crippen LogP contribution in [-0.2, 0) is 4.74 Å². The number of amides is 1. The summed E-state index contributed by atoms with van der Waals surface area (Å²) in [6, 6.07) is 0. The molecule has 1 rings (SSSR count). The highest BCUT2D eigenvalue weighted by molar-refractivity contribution is 6.00. The Morgan fingerprint density at radius 3 is 2.47 bits per heavy atom. The number of esters is 1. The molecule has 0 atom stereocenters. The van der Waals surface area contributed by atoms with E-state index in [0.29, 0.717) is 29.1 Å². The van der Waals surface area contributed by atoms with Crippen LogP contribution in [0.2, 0.25) is 0 Å². The van der Waals surface area contributed by atoms with E-state index in [1.807, 2.05) is 6.92 Å². The summed E-state index contributed by atoms with van der Waals surface area (Å²) < 4.78 is 5.18. The number of nitrogens with one attached hydrogen (secondary N) is 2. The summed E-state index contributed by atoms with van der Waals surface area (Å²) in [5.41, 5.74) is 2.18. The molecule has 0 saturated carbocycles. The van der Waals surface area contributed by atoms with Gasteiger partial charge in [0, 0.05) is 12.2 Å². The largest absolute Gasteiger partial charge is 0.459 e. The molecule has 0 aliphatic heterocycles. The summed E-state index contributed by atoms with van der Waals surface area (Å²) in [5, 5.41) is 2.79. The number of aromatic amines is 1. The standard InChI is InChI=1S/C14H22N2O3/c1-6-7-15-13(17)12-9(4)11(10(5)16-12)14(18)19-8(2)3/h8,16H,6-7H2,1-5H3,(H,15,17). The summed E-state index contributed by atoms with van der Waals surface area (Å²) in [6.45, 7) is 9.70. The minimum Gasteiger partial charge on any atom is -0.459 e. The number of rotatable bonds is 5. The number of carbonyl (C=O) groups is 2. The van der Waals surface area contributed by atoms with Crippen LogP contribution in [0.25, 0.3) is 0 Å². The van der Waals surface area contributed by atoms with E-state index < -0.39 is 5.97 Å². The Morgan fingerprint density at radius 1 is 1.32 bits per heavy atom. The first-order valence-corrected chi connectivity index (χ1v) is 6.56. The summed E-state index contributed by atoms with van der Waals surface area (Å²) in [5.74, 6) is -0.582. The fourth-order valence-electron chi connectivity index (χ4n) is 1.88. The molecule has 0 fully saturated rings. The van der Waals surface area contributed by atoms with Crippen LogP contribution in [0.5, 0.6) is 0 Å². The molecule has 1 heterocycles. The third-order valence-corrected chi connectivity index (χ3v) is 2.75. The van der Waals surface area contributed by atoms with Crippen LogP contribution in [0, 0.1) is 13.8 Å². The van der Waals surface area contributed by atoms with Crippen molar-refractivity contribution >= 4 is 11.9 Å². The monoisotopic (exact) mass is 266 g/mol. The molecule has 0 bridgehead atoms. The van der Waals surface area contributed by atoms with Gasteiger partial charge >= 0.3 is 5.97 Å². The average Bonchev–Trinajstić information content (AvgIpc) is 2.61. The van der Waals surface area contributed by atoms with Gasteiger partial charge in [0.05, 0.1) is 11.7 Å². The third-order valence-electron chi connectivity index (χ3n) is 2.75. The molecule has 0 radical (unpaired) electrons. The molecule has 1 aromatic rings. The lowest BCUT2D eigenvalue weighted by molar-refractivity contribution is 0.0376. The van der Waals surface area contributed by atoms with Gasteiger partial charge in [0.25, 0.3) is 5.91 Å². The van der Waals surface area contributed by atoms with Crippen molar-refractivity contribution in [1.82, 2.24) is 10.3 Å². The second kappa shape index (κ2) is 6.41. The van der Waals surface area contributed by atoms with Crippen LogP contribution in [-0.4, -0.2) is 29.5 Å². The van der Waals surface area contributed by atoms with Gasteiger partial charge in [-0.05, 0) is 39.7 Å². The van der Waals surface area contributed by atoms with Crippen molar-refractivity contribution in [3.05, 3.63) is 22.5 Å². The van der Waals surface area contributed by atoms with Crippen molar-refractivity contribution in [1.29, 1.82) is 0 Å². The minimum atomic E-state index is -0.393. The molecule has 1 amide bonds. The summed E-state index contributed by atoms with van der Waals surface area (Å²) in [7, 11) is 0. The number of aromatic nitrogens is 1. The zero-order valence-corrected chi connectivity index (χ0v) is 12.2. The average molecular weight is 266 g/mol. The van der Waals surface area contributed by atoms with E-state index in [1.54, 1.807) is 27.7 Å². The zero-order chi connectivity index (χ0) is 14.6. The van der Waals surface area contributed by atoms with Crippen molar-refractivity contribution in [2.24, 2.45) is 0 Å². The maximum atomic E-state index is 12.0. The Labute approximate surface area is 113 Å². The number of aryl methyl sites for hydroxylation is 1.